The predicted molar refractivity (Wildman–Crippen MR) is 38.6 cm³/mol. The zero-order valence-corrected chi connectivity index (χ0v) is 5.85. The largest absolute Gasteiger partial charge is 0.0885 e. The Bertz CT molecular complexity index is 62.4. The first-order chi connectivity index (χ1) is 3.81. The molecule has 1 atom stereocenters. The molecule has 0 aliphatic rings. The fourth-order valence-corrected chi connectivity index (χ4v) is 0.465. The smallest absolute Gasteiger partial charge is 0.0262 e. The van der Waals surface area contributed by atoms with Gasteiger partial charge in [-0.2, -0.15) is 0 Å². The van der Waals surface area contributed by atoms with Crippen molar-refractivity contribution in [3.8, 4) is 0 Å². The minimum atomic E-state index is 0.662. The van der Waals surface area contributed by atoms with Gasteiger partial charge in [-0.15, -0.1) is 0 Å². The Morgan fingerprint density at radius 1 is 1.62 bits per heavy atom. The second kappa shape index (κ2) is 4.89. The van der Waals surface area contributed by atoms with Crippen LogP contribution in [0.5, 0.6) is 0 Å². The van der Waals surface area contributed by atoms with Crippen molar-refractivity contribution in [2.24, 2.45) is 5.92 Å². The Labute approximate surface area is 52.6 Å². The van der Waals surface area contributed by atoms with Crippen LogP contribution >= 0.6 is 0 Å². The van der Waals surface area contributed by atoms with Gasteiger partial charge in [0.2, 0.25) is 0 Å². The van der Waals surface area contributed by atoms with Gasteiger partial charge in [0, 0.05) is 0 Å². The van der Waals surface area contributed by atoms with Crippen LogP contribution in [-0.2, 0) is 0 Å². The molecule has 0 bridgehead atoms. The summed E-state index contributed by atoms with van der Waals surface area (Å²) in [5.41, 5.74) is 0. The van der Waals surface area contributed by atoms with Gasteiger partial charge in [-0.1, -0.05) is 32.9 Å². The third-order valence-electron chi connectivity index (χ3n) is 1.16. The standard InChI is InChI=1S/C8H15/c1-4-6-7-8(3)5-2/h6-8H,2,4-5H2,1,3H3. The number of allylic oxidation sites excluding steroid dienone is 2. The fourth-order valence-electron chi connectivity index (χ4n) is 0.465. The SMILES string of the molecule is [CH2]CC(C)C=CCC. The molecule has 0 saturated carbocycles. The van der Waals surface area contributed by atoms with Gasteiger partial charge < -0.3 is 0 Å². The average molecular weight is 111 g/mol. The van der Waals surface area contributed by atoms with Crippen LogP contribution in [0.2, 0.25) is 0 Å². The first-order valence-electron chi connectivity index (χ1n) is 3.27. The summed E-state index contributed by atoms with van der Waals surface area (Å²) in [6.07, 6.45) is 6.56. The zero-order valence-electron chi connectivity index (χ0n) is 5.85. The van der Waals surface area contributed by atoms with Gasteiger partial charge in [-0.3, -0.25) is 0 Å². The van der Waals surface area contributed by atoms with Gasteiger partial charge in [-0.05, 0) is 18.8 Å². The third kappa shape index (κ3) is 3.91. The summed E-state index contributed by atoms with van der Waals surface area (Å²) in [6, 6.07) is 0. The molecule has 1 radical (unpaired) electrons. The van der Waals surface area contributed by atoms with Crippen molar-refractivity contribution in [2.75, 3.05) is 0 Å². The van der Waals surface area contributed by atoms with Gasteiger partial charge in [0.25, 0.3) is 0 Å². The van der Waals surface area contributed by atoms with Crippen molar-refractivity contribution in [1.29, 1.82) is 0 Å². The van der Waals surface area contributed by atoms with Crippen LogP contribution in [0.25, 0.3) is 0 Å². The van der Waals surface area contributed by atoms with E-state index in [1.165, 1.54) is 0 Å². The molecular weight excluding hydrogens is 96.1 g/mol. The van der Waals surface area contributed by atoms with E-state index in [1.807, 2.05) is 0 Å². The topological polar surface area (TPSA) is 0 Å². The molecule has 0 amide bonds. The maximum atomic E-state index is 3.79. The molecule has 1 unspecified atom stereocenters. The molecule has 0 saturated heterocycles. The van der Waals surface area contributed by atoms with Crippen molar-refractivity contribution in [3.05, 3.63) is 19.1 Å². The molecule has 0 N–H and O–H groups in total. The zero-order chi connectivity index (χ0) is 6.41. The highest BCUT2D eigenvalue weighted by Gasteiger charge is 1.87. The first-order valence-corrected chi connectivity index (χ1v) is 3.27. The van der Waals surface area contributed by atoms with Crippen LogP contribution in [0.1, 0.15) is 26.7 Å². The normalized spacial score (nSPS) is 14.9. The van der Waals surface area contributed by atoms with Crippen LogP contribution < -0.4 is 0 Å². The van der Waals surface area contributed by atoms with Gasteiger partial charge in [0.15, 0.2) is 0 Å². The Morgan fingerprint density at radius 3 is 2.62 bits per heavy atom. The Balaban J connectivity index is 3.21. The molecular formula is C8H15. The van der Waals surface area contributed by atoms with E-state index in [9.17, 15) is 0 Å². The van der Waals surface area contributed by atoms with Gasteiger partial charge in [0.05, 0.1) is 0 Å². The van der Waals surface area contributed by atoms with E-state index in [1.54, 1.807) is 0 Å². The molecule has 0 heteroatoms. The van der Waals surface area contributed by atoms with Crippen molar-refractivity contribution in [1.82, 2.24) is 0 Å². The summed E-state index contributed by atoms with van der Waals surface area (Å²) < 4.78 is 0. The fraction of sp³-hybridized carbons (Fsp3) is 0.625. The number of rotatable bonds is 3. The molecule has 0 aliphatic carbocycles. The van der Waals surface area contributed by atoms with E-state index in [4.69, 9.17) is 0 Å². The molecule has 0 spiro atoms. The molecule has 0 aliphatic heterocycles. The van der Waals surface area contributed by atoms with E-state index < -0.39 is 0 Å². The monoisotopic (exact) mass is 111 g/mol. The molecule has 8 heavy (non-hydrogen) atoms. The van der Waals surface area contributed by atoms with Gasteiger partial charge >= 0.3 is 0 Å². The van der Waals surface area contributed by atoms with E-state index in [2.05, 4.69) is 32.9 Å². The third-order valence-corrected chi connectivity index (χ3v) is 1.16. The molecule has 0 aromatic carbocycles. The highest BCUT2D eigenvalue weighted by Crippen LogP contribution is 2.01. The Morgan fingerprint density at radius 2 is 2.25 bits per heavy atom. The second-order valence-electron chi connectivity index (χ2n) is 2.10. The van der Waals surface area contributed by atoms with E-state index >= 15 is 0 Å². The first kappa shape index (κ1) is 7.74. The Hall–Kier alpha value is -0.260. The lowest BCUT2D eigenvalue weighted by molar-refractivity contribution is 0.738. The highest BCUT2D eigenvalue weighted by atomic mass is 13.9. The van der Waals surface area contributed by atoms with E-state index in [0.717, 1.165) is 12.8 Å². The Kier molecular flexibility index (Phi) is 4.73. The van der Waals surface area contributed by atoms with Gasteiger partial charge in [0.1, 0.15) is 0 Å². The van der Waals surface area contributed by atoms with Gasteiger partial charge in [-0.25, -0.2) is 0 Å². The minimum absolute atomic E-state index is 0.662. The minimum Gasteiger partial charge on any atom is -0.0885 e. The van der Waals surface area contributed by atoms with Crippen LogP contribution in [-0.4, -0.2) is 0 Å². The molecule has 47 valence electrons. The molecule has 0 heterocycles. The van der Waals surface area contributed by atoms with Crippen molar-refractivity contribution >= 4 is 0 Å². The quantitative estimate of drug-likeness (QED) is 0.491. The molecule has 0 rings (SSSR count). The summed E-state index contributed by atoms with van der Waals surface area (Å²) in [7, 11) is 0. The van der Waals surface area contributed by atoms with Crippen LogP contribution in [0, 0.1) is 12.8 Å². The van der Waals surface area contributed by atoms with Crippen molar-refractivity contribution < 1.29 is 0 Å². The number of hydrogen-bond donors (Lipinski definition) is 0. The lowest BCUT2D eigenvalue weighted by Gasteiger charge is -1.96. The number of hydrogen-bond acceptors (Lipinski definition) is 0. The summed E-state index contributed by atoms with van der Waals surface area (Å²) in [5, 5.41) is 0. The summed E-state index contributed by atoms with van der Waals surface area (Å²) in [5.74, 6) is 0.662. The summed E-state index contributed by atoms with van der Waals surface area (Å²) >= 11 is 0. The van der Waals surface area contributed by atoms with Crippen LogP contribution in [0.4, 0.5) is 0 Å². The van der Waals surface area contributed by atoms with Crippen molar-refractivity contribution in [3.63, 3.8) is 0 Å². The predicted octanol–water partition coefficient (Wildman–Crippen LogP) is 2.81. The second-order valence-corrected chi connectivity index (χ2v) is 2.10. The molecule has 0 fully saturated rings. The maximum Gasteiger partial charge on any atom is -0.0262 e. The van der Waals surface area contributed by atoms with E-state index in [0.29, 0.717) is 5.92 Å². The maximum absolute atomic E-state index is 3.79. The highest BCUT2D eigenvalue weighted by molar-refractivity contribution is 4.85. The summed E-state index contributed by atoms with van der Waals surface area (Å²) in [6.45, 7) is 8.11. The van der Waals surface area contributed by atoms with Crippen molar-refractivity contribution in [2.45, 2.75) is 26.7 Å². The van der Waals surface area contributed by atoms with E-state index in [-0.39, 0.29) is 0 Å². The van der Waals surface area contributed by atoms with Crippen LogP contribution in [0.3, 0.4) is 0 Å². The summed E-state index contributed by atoms with van der Waals surface area (Å²) in [4.78, 5) is 0. The lowest BCUT2D eigenvalue weighted by Crippen LogP contribution is -1.82. The van der Waals surface area contributed by atoms with Crippen LogP contribution in [0.15, 0.2) is 12.2 Å². The lowest BCUT2D eigenvalue weighted by atomic mass is 10.1. The average Bonchev–Trinajstić information content (AvgIpc) is 1.83. The molecule has 0 aromatic heterocycles. The molecule has 0 aromatic rings. The molecule has 0 nitrogen and oxygen atoms in total.